The highest BCUT2D eigenvalue weighted by Crippen LogP contribution is 2.34. The zero-order valence-electron chi connectivity index (χ0n) is 15.4. The van der Waals surface area contributed by atoms with Crippen molar-refractivity contribution in [3.05, 3.63) is 39.3 Å². The van der Waals surface area contributed by atoms with Crippen molar-refractivity contribution in [2.24, 2.45) is 7.05 Å². The lowest BCUT2D eigenvalue weighted by molar-refractivity contribution is 0.613. The van der Waals surface area contributed by atoms with Crippen LogP contribution in [0.15, 0.2) is 23.3 Å². The first-order valence-corrected chi connectivity index (χ1v) is 10.3. The molecule has 0 saturated carbocycles. The van der Waals surface area contributed by atoms with E-state index in [4.69, 9.17) is 4.98 Å². The first-order chi connectivity index (χ1) is 13.2. The molecule has 1 fully saturated rings. The van der Waals surface area contributed by atoms with Crippen LogP contribution < -0.4 is 15.4 Å². The molecule has 1 aliphatic carbocycles. The molecule has 0 atom stereocenters. The van der Waals surface area contributed by atoms with E-state index < -0.39 is 0 Å². The van der Waals surface area contributed by atoms with Gasteiger partial charge in [-0.25, -0.2) is 15.0 Å². The van der Waals surface area contributed by atoms with E-state index in [-0.39, 0.29) is 5.56 Å². The average Bonchev–Trinajstić information content (AvgIpc) is 3.10. The Hall–Kier alpha value is -2.48. The van der Waals surface area contributed by atoms with Gasteiger partial charge in [0.05, 0.1) is 5.39 Å². The van der Waals surface area contributed by atoms with Crippen LogP contribution in [-0.2, 0) is 19.9 Å². The molecule has 0 unspecified atom stereocenters. The number of fused-ring (bicyclic) bond motifs is 3. The maximum atomic E-state index is 13.1. The van der Waals surface area contributed by atoms with Gasteiger partial charge in [-0.05, 0) is 37.3 Å². The van der Waals surface area contributed by atoms with E-state index in [1.807, 2.05) is 13.1 Å². The molecular weight excluding hydrogens is 360 g/mol. The molecule has 7 nitrogen and oxygen atoms in total. The molecule has 0 aromatic carbocycles. The Balaban J connectivity index is 1.46. The summed E-state index contributed by atoms with van der Waals surface area (Å²) in [6, 6.07) is 1.83. The maximum Gasteiger partial charge on any atom is 0.263 e. The largest absolute Gasteiger partial charge is 0.339 e. The van der Waals surface area contributed by atoms with E-state index in [0.717, 1.165) is 61.1 Å². The number of nitrogens with zero attached hydrogens (tertiary/aromatic N) is 6. The third-order valence-corrected chi connectivity index (χ3v) is 6.76. The second-order valence-corrected chi connectivity index (χ2v) is 8.27. The molecule has 3 aromatic heterocycles. The SMILES string of the molecule is Cn1c(N2CCN(c3ncccn3)CC2)nc2sc3c(c2c1=O)CCCC3. The Morgan fingerprint density at radius 3 is 2.48 bits per heavy atom. The van der Waals surface area contributed by atoms with Crippen molar-refractivity contribution >= 4 is 33.5 Å². The fraction of sp³-hybridized carbons (Fsp3) is 0.474. The summed E-state index contributed by atoms with van der Waals surface area (Å²) >= 11 is 1.72. The summed E-state index contributed by atoms with van der Waals surface area (Å²) in [4.78, 5) is 33.3. The van der Waals surface area contributed by atoms with Gasteiger partial charge in [0.2, 0.25) is 11.9 Å². The van der Waals surface area contributed by atoms with E-state index in [1.54, 1.807) is 28.3 Å². The molecule has 0 bridgehead atoms. The predicted octanol–water partition coefficient (Wildman–Crippen LogP) is 1.99. The minimum atomic E-state index is 0.100. The monoisotopic (exact) mass is 382 g/mol. The quantitative estimate of drug-likeness (QED) is 0.675. The summed E-state index contributed by atoms with van der Waals surface area (Å²) in [6.07, 6.45) is 8.04. The van der Waals surface area contributed by atoms with Gasteiger partial charge in [-0.2, -0.15) is 0 Å². The summed E-state index contributed by atoms with van der Waals surface area (Å²) in [5.41, 5.74) is 1.36. The van der Waals surface area contributed by atoms with Gasteiger partial charge in [-0.3, -0.25) is 9.36 Å². The Morgan fingerprint density at radius 1 is 1.00 bits per heavy atom. The number of hydrogen-bond donors (Lipinski definition) is 0. The number of hydrogen-bond acceptors (Lipinski definition) is 7. The van der Waals surface area contributed by atoms with Gasteiger partial charge in [0.25, 0.3) is 5.56 Å². The van der Waals surface area contributed by atoms with Gasteiger partial charge in [0.15, 0.2) is 0 Å². The molecule has 0 amide bonds. The summed E-state index contributed by atoms with van der Waals surface area (Å²) in [7, 11) is 1.85. The lowest BCUT2D eigenvalue weighted by atomic mass is 9.97. The smallest absolute Gasteiger partial charge is 0.263 e. The fourth-order valence-electron chi connectivity index (χ4n) is 4.12. The van der Waals surface area contributed by atoms with Crippen molar-refractivity contribution in [1.82, 2.24) is 19.5 Å². The molecular formula is C19H22N6OS. The van der Waals surface area contributed by atoms with Crippen LogP contribution in [0.25, 0.3) is 10.2 Å². The predicted molar refractivity (Wildman–Crippen MR) is 108 cm³/mol. The molecule has 140 valence electrons. The Labute approximate surface area is 161 Å². The molecule has 27 heavy (non-hydrogen) atoms. The van der Waals surface area contributed by atoms with Crippen molar-refractivity contribution in [2.45, 2.75) is 25.7 Å². The van der Waals surface area contributed by atoms with Crippen LogP contribution in [0.5, 0.6) is 0 Å². The van der Waals surface area contributed by atoms with Crippen LogP contribution >= 0.6 is 11.3 Å². The molecule has 0 N–H and O–H groups in total. The molecule has 1 saturated heterocycles. The van der Waals surface area contributed by atoms with E-state index >= 15 is 0 Å². The number of thiophene rings is 1. The Bertz CT molecular complexity index is 1040. The van der Waals surface area contributed by atoms with E-state index in [0.29, 0.717) is 0 Å². The fourth-order valence-corrected chi connectivity index (χ4v) is 5.37. The van der Waals surface area contributed by atoms with E-state index in [9.17, 15) is 4.79 Å². The molecule has 0 spiro atoms. The minimum Gasteiger partial charge on any atom is -0.339 e. The first-order valence-electron chi connectivity index (χ1n) is 9.50. The zero-order valence-corrected chi connectivity index (χ0v) is 16.2. The molecule has 0 radical (unpaired) electrons. The van der Waals surface area contributed by atoms with E-state index in [1.165, 1.54) is 23.3 Å². The van der Waals surface area contributed by atoms with Crippen molar-refractivity contribution in [1.29, 1.82) is 0 Å². The number of aryl methyl sites for hydroxylation is 2. The summed E-state index contributed by atoms with van der Waals surface area (Å²) in [5.74, 6) is 1.54. The van der Waals surface area contributed by atoms with Gasteiger partial charge >= 0.3 is 0 Å². The standard InChI is InChI=1S/C19H22N6OS/c1-23-17(26)15-13-5-2-3-6-14(13)27-16(15)22-19(23)25-11-9-24(10-12-25)18-20-7-4-8-21-18/h4,7-8H,2-3,5-6,9-12H2,1H3. The van der Waals surface area contributed by atoms with Gasteiger partial charge in [-0.15, -0.1) is 11.3 Å². The number of piperazine rings is 1. The third kappa shape index (κ3) is 2.79. The van der Waals surface area contributed by atoms with Crippen LogP contribution in [0.3, 0.4) is 0 Å². The van der Waals surface area contributed by atoms with E-state index in [2.05, 4.69) is 19.8 Å². The number of anilines is 2. The molecule has 8 heteroatoms. The van der Waals surface area contributed by atoms with Crippen LogP contribution in [0.1, 0.15) is 23.3 Å². The highest BCUT2D eigenvalue weighted by Gasteiger charge is 2.25. The summed E-state index contributed by atoms with van der Waals surface area (Å²) in [5, 5.41) is 0.859. The van der Waals surface area contributed by atoms with Crippen molar-refractivity contribution in [3.63, 3.8) is 0 Å². The van der Waals surface area contributed by atoms with Gasteiger partial charge < -0.3 is 9.80 Å². The molecule has 2 aliphatic rings. The van der Waals surface area contributed by atoms with Crippen LogP contribution in [-0.4, -0.2) is 45.7 Å². The van der Waals surface area contributed by atoms with Crippen molar-refractivity contribution in [3.8, 4) is 0 Å². The molecule has 5 rings (SSSR count). The zero-order chi connectivity index (χ0) is 18.4. The van der Waals surface area contributed by atoms with Crippen molar-refractivity contribution < 1.29 is 0 Å². The Kier molecular flexibility index (Phi) is 4.07. The molecule has 3 aromatic rings. The van der Waals surface area contributed by atoms with Crippen LogP contribution in [0.4, 0.5) is 11.9 Å². The second kappa shape index (κ2) is 6.60. The second-order valence-electron chi connectivity index (χ2n) is 7.19. The van der Waals surface area contributed by atoms with Gasteiger partial charge in [0.1, 0.15) is 4.83 Å². The summed E-state index contributed by atoms with van der Waals surface area (Å²) < 4.78 is 1.73. The molecule has 1 aliphatic heterocycles. The lowest BCUT2D eigenvalue weighted by Crippen LogP contribution is -2.48. The van der Waals surface area contributed by atoms with Gasteiger partial charge in [0, 0.05) is 50.5 Å². The molecule has 4 heterocycles. The highest BCUT2D eigenvalue weighted by atomic mass is 32.1. The minimum absolute atomic E-state index is 0.100. The normalized spacial score (nSPS) is 17.4. The third-order valence-electron chi connectivity index (χ3n) is 5.57. The van der Waals surface area contributed by atoms with Crippen LogP contribution in [0.2, 0.25) is 0 Å². The first kappa shape index (κ1) is 16.7. The number of rotatable bonds is 2. The Morgan fingerprint density at radius 2 is 1.70 bits per heavy atom. The highest BCUT2D eigenvalue weighted by molar-refractivity contribution is 7.18. The topological polar surface area (TPSA) is 67.2 Å². The number of aromatic nitrogens is 4. The lowest BCUT2D eigenvalue weighted by Gasteiger charge is -2.35. The van der Waals surface area contributed by atoms with Crippen molar-refractivity contribution in [2.75, 3.05) is 36.0 Å². The van der Waals surface area contributed by atoms with Gasteiger partial charge in [-0.1, -0.05) is 0 Å². The average molecular weight is 382 g/mol. The van der Waals surface area contributed by atoms with Crippen LogP contribution in [0, 0.1) is 0 Å². The summed E-state index contributed by atoms with van der Waals surface area (Å²) in [6.45, 7) is 3.24. The maximum absolute atomic E-state index is 13.1.